The molecule has 0 spiro atoms. The van der Waals surface area contributed by atoms with Gasteiger partial charge in [0.2, 0.25) is 0 Å². The Hall–Kier alpha value is -3.38. The number of ether oxygens (including phenoxy) is 1. The minimum Gasteiger partial charge on any atom is -0.449 e. The second-order valence-electron chi connectivity index (χ2n) is 8.62. The van der Waals surface area contributed by atoms with Crippen LogP contribution in [0.15, 0.2) is 53.4 Å². The summed E-state index contributed by atoms with van der Waals surface area (Å²) in [6, 6.07) is 14.6. The smallest absolute Gasteiger partial charge is 0.338 e. The maximum atomic E-state index is 12.9. The molecule has 9 heteroatoms. The molecule has 0 saturated heterocycles. The summed E-state index contributed by atoms with van der Waals surface area (Å²) in [4.78, 5) is 25.2. The number of sulfonamides is 1. The van der Waals surface area contributed by atoms with Crippen LogP contribution < -0.4 is 9.62 Å². The van der Waals surface area contributed by atoms with Gasteiger partial charge in [0, 0.05) is 7.05 Å². The van der Waals surface area contributed by atoms with Crippen LogP contribution in [0.5, 0.6) is 0 Å². The van der Waals surface area contributed by atoms with Crippen LogP contribution in [0.2, 0.25) is 0 Å². The maximum absolute atomic E-state index is 12.9. The molecule has 180 valence electrons. The lowest BCUT2D eigenvalue weighted by Crippen LogP contribution is -2.52. The van der Waals surface area contributed by atoms with Gasteiger partial charge in [-0.15, -0.1) is 0 Å². The molecular weight excluding hydrogens is 454 g/mol. The highest BCUT2D eigenvalue weighted by Gasteiger charge is 2.35. The first-order valence-corrected chi connectivity index (χ1v) is 12.6. The lowest BCUT2D eigenvalue weighted by atomic mass is 9.83. The van der Waals surface area contributed by atoms with E-state index in [0.29, 0.717) is 18.5 Å². The third-order valence-electron chi connectivity index (χ3n) is 6.08. The second kappa shape index (κ2) is 10.3. The van der Waals surface area contributed by atoms with Gasteiger partial charge in [-0.05, 0) is 63.1 Å². The number of rotatable bonds is 7. The molecule has 1 amide bonds. The summed E-state index contributed by atoms with van der Waals surface area (Å²) in [6.45, 7) is 3.33. The van der Waals surface area contributed by atoms with Crippen LogP contribution in [-0.4, -0.2) is 39.0 Å². The average molecular weight is 484 g/mol. The van der Waals surface area contributed by atoms with Gasteiger partial charge in [0.05, 0.1) is 22.2 Å². The molecule has 1 fully saturated rings. The Morgan fingerprint density at radius 2 is 1.65 bits per heavy atom. The molecule has 0 radical (unpaired) electrons. The Balaban J connectivity index is 1.64. The Bertz CT molecular complexity index is 1180. The molecule has 0 aromatic heterocycles. The van der Waals surface area contributed by atoms with Gasteiger partial charge in [-0.1, -0.05) is 37.0 Å². The number of anilines is 1. The molecule has 3 rings (SSSR count). The van der Waals surface area contributed by atoms with Gasteiger partial charge in [-0.25, -0.2) is 13.2 Å². The van der Waals surface area contributed by atoms with Gasteiger partial charge in [-0.3, -0.25) is 9.10 Å². The summed E-state index contributed by atoms with van der Waals surface area (Å²) in [5.41, 5.74) is 0.591. The number of nitrogens with zero attached hydrogens (tertiary/aromatic N) is 2. The maximum Gasteiger partial charge on any atom is 0.338 e. The van der Waals surface area contributed by atoms with Crippen LogP contribution in [0.4, 0.5) is 5.69 Å². The zero-order chi connectivity index (χ0) is 24.9. The number of nitriles is 1. The van der Waals surface area contributed by atoms with Crippen molar-refractivity contribution in [2.24, 2.45) is 0 Å². The van der Waals surface area contributed by atoms with E-state index >= 15 is 0 Å². The summed E-state index contributed by atoms with van der Waals surface area (Å²) in [5, 5.41) is 12.3. The third-order valence-corrected chi connectivity index (χ3v) is 7.88. The van der Waals surface area contributed by atoms with Crippen molar-refractivity contribution in [2.75, 3.05) is 11.4 Å². The van der Waals surface area contributed by atoms with Crippen LogP contribution in [0.3, 0.4) is 0 Å². The van der Waals surface area contributed by atoms with Gasteiger partial charge >= 0.3 is 5.97 Å². The number of nitrogens with one attached hydrogen (secondary N) is 1. The summed E-state index contributed by atoms with van der Waals surface area (Å²) < 4.78 is 32.1. The lowest BCUT2D eigenvalue weighted by Gasteiger charge is -2.32. The number of carbonyl (C=O) groups is 2. The molecule has 1 unspecified atom stereocenters. The molecule has 1 aliphatic rings. The SMILES string of the molecule is Cc1ccc(S(=O)(=O)N(C)c2ccc(C(=O)OC(C)C(=O)NC3(C#N)CCCCC3)cc2)cc1. The fraction of sp³-hybridized carbons (Fsp3) is 0.400. The summed E-state index contributed by atoms with van der Waals surface area (Å²) in [5.74, 6) is -1.23. The highest BCUT2D eigenvalue weighted by Crippen LogP contribution is 2.28. The number of benzene rings is 2. The molecule has 34 heavy (non-hydrogen) atoms. The highest BCUT2D eigenvalue weighted by atomic mass is 32.2. The van der Waals surface area contributed by atoms with Gasteiger partial charge in [0.25, 0.3) is 15.9 Å². The standard InChI is InChI=1S/C25H29N3O5S/c1-18-7-13-22(14-8-18)34(31,32)28(3)21-11-9-20(10-12-21)24(30)33-19(2)23(29)27-25(17-26)15-5-4-6-16-25/h7-14,19H,4-6,15-16H2,1-3H3,(H,27,29). The van der Waals surface area contributed by atoms with E-state index < -0.39 is 33.5 Å². The van der Waals surface area contributed by atoms with Gasteiger partial charge < -0.3 is 10.1 Å². The molecule has 1 atom stereocenters. The first kappa shape index (κ1) is 25.2. The quantitative estimate of drug-likeness (QED) is 0.600. The summed E-state index contributed by atoms with van der Waals surface area (Å²) >= 11 is 0. The number of esters is 1. The second-order valence-corrected chi connectivity index (χ2v) is 10.6. The molecule has 2 aromatic carbocycles. The molecular formula is C25H29N3O5S. The first-order valence-electron chi connectivity index (χ1n) is 11.2. The van der Waals surface area contributed by atoms with E-state index in [0.717, 1.165) is 29.1 Å². The molecule has 1 aliphatic carbocycles. The molecule has 8 nitrogen and oxygen atoms in total. The van der Waals surface area contributed by atoms with Crippen molar-refractivity contribution in [3.8, 4) is 6.07 Å². The minimum atomic E-state index is -3.76. The highest BCUT2D eigenvalue weighted by molar-refractivity contribution is 7.92. The van der Waals surface area contributed by atoms with Crippen molar-refractivity contribution in [1.29, 1.82) is 5.26 Å². The topological polar surface area (TPSA) is 117 Å². The van der Waals surface area contributed by atoms with Crippen molar-refractivity contribution in [2.45, 2.75) is 62.5 Å². The Labute approximate surface area is 200 Å². The fourth-order valence-electron chi connectivity index (χ4n) is 3.85. The molecule has 0 aliphatic heterocycles. The van der Waals surface area contributed by atoms with Crippen LogP contribution in [0.25, 0.3) is 0 Å². The molecule has 0 bridgehead atoms. The number of carbonyl (C=O) groups excluding carboxylic acids is 2. The number of amides is 1. The van der Waals surface area contributed by atoms with Crippen molar-refractivity contribution in [3.05, 3.63) is 59.7 Å². The Morgan fingerprint density at radius 1 is 1.06 bits per heavy atom. The Morgan fingerprint density at radius 3 is 2.21 bits per heavy atom. The van der Waals surface area contributed by atoms with E-state index in [2.05, 4.69) is 11.4 Å². The predicted molar refractivity (Wildman–Crippen MR) is 128 cm³/mol. The van der Waals surface area contributed by atoms with Crippen LogP contribution in [-0.2, 0) is 19.6 Å². The molecule has 2 aromatic rings. The number of hydrogen-bond acceptors (Lipinski definition) is 6. The van der Waals surface area contributed by atoms with Crippen LogP contribution in [0, 0.1) is 18.3 Å². The van der Waals surface area contributed by atoms with Crippen molar-refractivity contribution in [3.63, 3.8) is 0 Å². The van der Waals surface area contributed by atoms with E-state index in [1.807, 2.05) is 6.92 Å². The van der Waals surface area contributed by atoms with Crippen LogP contribution >= 0.6 is 0 Å². The lowest BCUT2D eigenvalue weighted by molar-refractivity contribution is -0.130. The largest absolute Gasteiger partial charge is 0.449 e. The van der Waals surface area contributed by atoms with Crippen molar-refractivity contribution < 1.29 is 22.7 Å². The molecule has 1 saturated carbocycles. The average Bonchev–Trinajstić information content (AvgIpc) is 2.84. The number of aryl methyl sites for hydroxylation is 1. The van der Waals surface area contributed by atoms with Gasteiger partial charge in [0.15, 0.2) is 6.10 Å². The monoisotopic (exact) mass is 483 g/mol. The van der Waals surface area contributed by atoms with Gasteiger partial charge in [-0.2, -0.15) is 5.26 Å². The van der Waals surface area contributed by atoms with E-state index in [4.69, 9.17) is 4.74 Å². The molecule has 1 N–H and O–H groups in total. The summed E-state index contributed by atoms with van der Waals surface area (Å²) in [7, 11) is -2.32. The zero-order valence-electron chi connectivity index (χ0n) is 19.6. The minimum absolute atomic E-state index is 0.164. The molecule has 0 heterocycles. The van der Waals surface area contributed by atoms with E-state index in [9.17, 15) is 23.3 Å². The fourth-order valence-corrected chi connectivity index (χ4v) is 5.05. The normalized spacial score (nSPS) is 16.1. The van der Waals surface area contributed by atoms with Gasteiger partial charge in [0.1, 0.15) is 5.54 Å². The number of hydrogen-bond donors (Lipinski definition) is 1. The van der Waals surface area contributed by atoms with Crippen LogP contribution in [0.1, 0.15) is 54.9 Å². The van der Waals surface area contributed by atoms with E-state index in [1.54, 1.807) is 24.3 Å². The third kappa shape index (κ3) is 5.57. The van der Waals surface area contributed by atoms with Crippen molar-refractivity contribution >= 4 is 27.6 Å². The van der Waals surface area contributed by atoms with E-state index in [-0.39, 0.29) is 10.5 Å². The first-order chi connectivity index (χ1) is 16.1. The Kier molecular flexibility index (Phi) is 7.62. The predicted octanol–water partition coefficient (Wildman–Crippen LogP) is 3.71. The zero-order valence-corrected chi connectivity index (χ0v) is 20.4. The van der Waals surface area contributed by atoms with E-state index in [1.165, 1.54) is 38.2 Å². The van der Waals surface area contributed by atoms with Crippen molar-refractivity contribution in [1.82, 2.24) is 5.32 Å². The summed E-state index contributed by atoms with van der Waals surface area (Å²) in [6.07, 6.45) is 2.84.